The fourth-order valence-electron chi connectivity index (χ4n) is 3.70. The SMILES string of the molecule is COc1ccc([C@H]2[C@@H](NC(=O)c3cccc(C)c3)C(=O)N/[N+]2=C\c2ccc(Cl)cc2)cc1. The van der Waals surface area contributed by atoms with Crippen molar-refractivity contribution in [2.45, 2.75) is 19.0 Å². The Balaban J connectivity index is 1.70. The first-order chi connectivity index (χ1) is 15.4. The van der Waals surface area contributed by atoms with Gasteiger partial charge in [0.1, 0.15) is 5.75 Å². The highest BCUT2D eigenvalue weighted by Gasteiger charge is 2.47. The molecule has 0 saturated carbocycles. The van der Waals surface area contributed by atoms with Gasteiger partial charge in [-0.2, -0.15) is 0 Å². The highest BCUT2D eigenvalue weighted by atomic mass is 35.5. The minimum absolute atomic E-state index is 0.294. The molecule has 0 radical (unpaired) electrons. The molecule has 7 heteroatoms. The third-order valence-corrected chi connectivity index (χ3v) is 5.57. The van der Waals surface area contributed by atoms with E-state index in [1.165, 1.54) is 0 Å². The summed E-state index contributed by atoms with van der Waals surface area (Å²) in [6.07, 6.45) is 1.82. The summed E-state index contributed by atoms with van der Waals surface area (Å²) < 4.78 is 6.98. The monoisotopic (exact) mass is 448 g/mol. The Bertz CT molecular complexity index is 1170. The van der Waals surface area contributed by atoms with Gasteiger partial charge >= 0.3 is 5.91 Å². The lowest BCUT2D eigenvalue weighted by Gasteiger charge is -2.15. The van der Waals surface area contributed by atoms with Crippen LogP contribution in [-0.2, 0) is 4.79 Å². The molecule has 0 spiro atoms. The second-order valence-corrected chi connectivity index (χ2v) is 8.04. The quantitative estimate of drug-likeness (QED) is 0.585. The first-order valence-corrected chi connectivity index (χ1v) is 10.5. The largest absolute Gasteiger partial charge is 0.497 e. The van der Waals surface area contributed by atoms with E-state index in [1.807, 2.05) is 61.7 Å². The Morgan fingerprint density at radius 1 is 1.09 bits per heavy atom. The number of carbonyl (C=O) groups excluding carboxylic acids is 2. The molecule has 0 bridgehead atoms. The molecule has 0 aliphatic carbocycles. The molecule has 0 unspecified atom stereocenters. The van der Waals surface area contributed by atoms with Crippen LogP contribution in [0.5, 0.6) is 5.75 Å². The number of carbonyl (C=O) groups is 2. The van der Waals surface area contributed by atoms with Crippen molar-refractivity contribution in [2.75, 3.05) is 7.11 Å². The van der Waals surface area contributed by atoms with Crippen LogP contribution in [0.1, 0.15) is 33.1 Å². The lowest BCUT2D eigenvalue weighted by Crippen LogP contribution is -2.42. The summed E-state index contributed by atoms with van der Waals surface area (Å²) >= 11 is 6.00. The zero-order chi connectivity index (χ0) is 22.7. The van der Waals surface area contributed by atoms with Gasteiger partial charge in [-0.05, 0) is 67.6 Å². The summed E-state index contributed by atoms with van der Waals surface area (Å²) in [6.45, 7) is 1.92. The molecular formula is C25H23ClN3O3+. The van der Waals surface area contributed by atoms with Gasteiger partial charge in [-0.1, -0.05) is 29.3 Å². The third-order valence-electron chi connectivity index (χ3n) is 5.32. The number of benzene rings is 3. The van der Waals surface area contributed by atoms with E-state index in [4.69, 9.17) is 16.3 Å². The van der Waals surface area contributed by atoms with E-state index >= 15 is 0 Å². The predicted molar refractivity (Wildman–Crippen MR) is 123 cm³/mol. The standard InChI is InChI=1S/C25H22ClN3O3/c1-16-4-3-5-19(14-16)24(30)27-22-23(18-8-12-21(32-2)13-9-18)29(28-25(22)31)15-17-6-10-20(26)11-7-17/h3-15,22-23H,1-2H3,(H-,27,28,30,31)/p+1/b29-15-/t22-,23+/m1/s1. The van der Waals surface area contributed by atoms with E-state index < -0.39 is 12.1 Å². The Kier molecular flexibility index (Phi) is 6.23. The van der Waals surface area contributed by atoms with E-state index in [9.17, 15) is 9.59 Å². The number of aryl methyl sites for hydroxylation is 1. The Labute approximate surface area is 191 Å². The molecule has 4 rings (SSSR count). The molecule has 2 amide bonds. The lowest BCUT2D eigenvalue weighted by molar-refractivity contribution is -0.596. The summed E-state index contributed by atoms with van der Waals surface area (Å²) in [5.41, 5.74) is 6.06. The van der Waals surface area contributed by atoms with Crippen LogP contribution < -0.4 is 15.5 Å². The van der Waals surface area contributed by atoms with Crippen LogP contribution in [0, 0.1) is 6.92 Å². The maximum absolute atomic E-state index is 12.9. The van der Waals surface area contributed by atoms with Crippen molar-refractivity contribution in [3.63, 3.8) is 0 Å². The molecule has 1 heterocycles. The fraction of sp³-hybridized carbons (Fsp3) is 0.160. The van der Waals surface area contributed by atoms with Crippen molar-refractivity contribution in [1.29, 1.82) is 0 Å². The average molecular weight is 449 g/mol. The van der Waals surface area contributed by atoms with E-state index in [0.717, 1.165) is 16.7 Å². The number of nitrogens with zero attached hydrogens (tertiary/aromatic N) is 1. The Morgan fingerprint density at radius 2 is 1.81 bits per heavy atom. The molecule has 1 aliphatic rings. The molecule has 1 saturated heterocycles. The number of hydrazone groups is 1. The molecule has 2 atom stereocenters. The maximum Gasteiger partial charge on any atom is 0.304 e. The van der Waals surface area contributed by atoms with Crippen molar-refractivity contribution in [3.05, 3.63) is 100 Å². The van der Waals surface area contributed by atoms with Gasteiger partial charge < -0.3 is 10.1 Å². The van der Waals surface area contributed by atoms with Crippen LogP contribution in [0.2, 0.25) is 5.02 Å². The molecule has 6 nitrogen and oxygen atoms in total. The normalized spacial score (nSPS) is 19.0. The summed E-state index contributed by atoms with van der Waals surface area (Å²) in [7, 11) is 1.60. The molecule has 32 heavy (non-hydrogen) atoms. The molecular weight excluding hydrogens is 426 g/mol. The average Bonchev–Trinajstić information content (AvgIpc) is 3.09. The summed E-state index contributed by atoms with van der Waals surface area (Å²) in [5.74, 6) is 0.109. The summed E-state index contributed by atoms with van der Waals surface area (Å²) in [5, 5.41) is 3.54. The van der Waals surface area contributed by atoms with Crippen molar-refractivity contribution in [2.24, 2.45) is 0 Å². The Morgan fingerprint density at radius 3 is 2.47 bits per heavy atom. The number of nitrogens with one attached hydrogen (secondary N) is 2. The minimum Gasteiger partial charge on any atom is -0.497 e. The van der Waals surface area contributed by atoms with Gasteiger partial charge in [-0.25, -0.2) is 0 Å². The highest BCUT2D eigenvalue weighted by Crippen LogP contribution is 2.27. The van der Waals surface area contributed by atoms with Gasteiger partial charge in [-0.15, -0.1) is 10.1 Å². The molecule has 162 valence electrons. The van der Waals surface area contributed by atoms with Crippen LogP contribution in [0.4, 0.5) is 0 Å². The Hall–Kier alpha value is -3.64. The number of methoxy groups -OCH3 is 1. The van der Waals surface area contributed by atoms with Gasteiger partial charge in [0.15, 0.2) is 6.04 Å². The highest BCUT2D eigenvalue weighted by molar-refractivity contribution is 6.30. The van der Waals surface area contributed by atoms with Crippen molar-refractivity contribution in [3.8, 4) is 5.75 Å². The van der Waals surface area contributed by atoms with E-state index in [-0.39, 0.29) is 11.8 Å². The first kappa shape index (κ1) is 21.6. The number of rotatable bonds is 5. The van der Waals surface area contributed by atoms with Crippen molar-refractivity contribution < 1.29 is 19.0 Å². The zero-order valence-electron chi connectivity index (χ0n) is 17.7. The second kappa shape index (κ2) is 9.24. The van der Waals surface area contributed by atoms with Crippen molar-refractivity contribution >= 4 is 29.6 Å². The van der Waals surface area contributed by atoms with Gasteiger partial charge in [0.05, 0.1) is 7.11 Å². The molecule has 1 fully saturated rings. The number of hydrogen-bond donors (Lipinski definition) is 2. The van der Waals surface area contributed by atoms with Crippen LogP contribution in [0.15, 0.2) is 72.8 Å². The van der Waals surface area contributed by atoms with Gasteiger partial charge in [0, 0.05) is 21.7 Å². The second-order valence-electron chi connectivity index (χ2n) is 7.60. The number of hydrazine groups is 1. The first-order valence-electron chi connectivity index (χ1n) is 10.2. The zero-order valence-corrected chi connectivity index (χ0v) is 18.5. The smallest absolute Gasteiger partial charge is 0.304 e. The third kappa shape index (κ3) is 4.65. The minimum atomic E-state index is -0.792. The van der Waals surface area contributed by atoms with E-state index in [2.05, 4.69) is 10.7 Å². The number of amides is 2. The number of hydrogen-bond acceptors (Lipinski definition) is 3. The molecule has 0 aromatic heterocycles. The van der Waals surface area contributed by atoms with E-state index in [0.29, 0.717) is 16.3 Å². The lowest BCUT2D eigenvalue weighted by atomic mass is 9.99. The van der Waals surface area contributed by atoms with Crippen LogP contribution in [0.25, 0.3) is 0 Å². The predicted octanol–water partition coefficient (Wildman–Crippen LogP) is 3.67. The van der Waals surface area contributed by atoms with Crippen molar-refractivity contribution in [1.82, 2.24) is 10.7 Å². The molecule has 3 aromatic carbocycles. The molecule has 3 aromatic rings. The van der Waals surface area contributed by atoms with Crippen LogP contribution in [-0.4, -0.2) is 35.9 Å². The summed E-state index contributed by atoms with van der Waals surface area (Å²) in [4.78, 5) is 25.9. The fourth-order valence-corrected chi connectivity index (χ4v) is 3.83. The summed E-state index contributed by atoms with van der Waals surface area (Å²) in [6, 6.07) is 20.7. The van der Waals surface area contributed by atoms with Gasteiger partial charge in [-0.3, -0.25) is 9.59 Å². The number of halogens is 1. The van der Waals surface area contributed by atoms with E-state index in [1.54, 1.807) is 36.1 Å². The van der Waals surface area contributed by atoms with Gasteiger partial charge in [0.2, 0.25) is 12.3 Å². The maximum atomic E-state index is 12.9. The topological polar surface area (TPSA) is 70.4 Å². The molecule has 2 N–H and O–H groups in total. The van der Waals surface area contributed by atoms with Crippen LogP contribution >= 0.6 is 11.6 Å². The number of ether oxygens (including phenoxy) is 1. The van der Waals surface area contributed by atoms with Gasteiger partial charge in [0.25, 0.3) is 5.91 Å². The van der Waals surface area contributed by atoms with Crippen LogP contribution in [0.3, 0.4) is 0 Å². The molecule has 1 aliphatic heterocycles.